The highest BCUT2D eigenvalue weighted by atomic mass is 79.9. The molecular weight excluding hydrogens is 348 g/mol. The van der Waals surface area contributed by atoms with Crippen LogP contribution in [0.3, 0.4) is 0 Å². The van der Waals surface area contributed by atoms with Crippen molar-refractivity contribution in [3.05, 3.63) is 46.9 Å². The quantitative estimate of drug-likeness (QED) is 0.852. The highest BCUT2D eigenvalue weighted by Crippen LogP contribution is 2.34. The predicted molar refractivity (Wildman–Crippen MR) is 88.4 cm³/mol. The number of rotatable bonds is 5. The van der Waals surface area contributed by atoms with E-state index in [2.05, 4.69) is 26.6 Å². The first-order valence-electron chi connectivity index (χ1n) is 6.90. The van der Waals surface area contributed by atoms with E-state index in [1.807, 2.05) is 24.3 Å². The molecule has 3 rings (SSSR count). The minimum Gasteiger partial charge on any atom is -0.454 e. The van der Waals surface area contributed by atoms with Gasteiger partial charge in [-0.15, -0.1) is 0 Å². The molecule has 5 nitrogen and oxygen atoms in total. The second-order valence-corrected chi connectivity index (χ2v) is 5.63. The van der Waals surface area contributed by atoms with E-state index < -0.39 is 0 Å². The molecular formula is C16H15BrN2O3. The monoisotopic (exact) mass is 362 g/mol. The molecule has 1 heterocycles. The summed E-state index contributed by atoms with van der Waals surface area (Å²) in [6.45, 7) is 0.779. The van der Waals surface area contributed by atoms with Gasteiger partial charge in [-0.2, -0.15) is 0 Å². The number of para-hydroxylation sites is 1. The average Bonchev–Trinajstić information content (AvgIpc) is 2.97. The molecule has 2 aromatic carbocycles. The van der Waals surface area contributed by atoms with E-state index in [0.29, 0.717) is 30.2 Å². The lowest BCUT2D eigenvalue weighted by Gasteiger charge is -2.09. The Morgan fingerprint density at radius 3 is 2.82 bits per heavy atom. The van der Waals surface area contributed by atoms with Crippen LogP contribution in [-0.4, -0.2) is 19.2 Å². The van der Waals surface area contributed by atoms with E-state index in [1.54, 1.807) is 18.2 Å². The van der Waals surface area contributed by atoms with Crippen LogP contribution in [0.1, 0.15) is 6.42 Å². The molecule has 1 aliphatic heterocycles. The van der Waals surface area contributed by atoms with E-state index in [4.69, 9.17) is 9.47 Å². The molecule has 2 aromatic rings. The van der Waals surface area contributed by atoms with Crippen molar-refractivity contribution in [2.24, 2.45) is 0 Å². The second kappa shape index (κ2) is 6.70. The van der Waals surface area contributed by atoms with E-state index >= 15 is 0 Å². The zero-order valence-electron chi connectivity index (χ0n) is 11.8. The molecule has 0 bridgehead atoms. The summed E-state index contributed by atoms with van der Waals surface area (Å²) >= 11 is 3.46. The van der Waals surface area contributed by atoms with E-state index in [9.17, 15) is 4.79 Å². The van der Waals surface area contributed by atoms with Crippen LogP contribution in [0.15, 0.2) is 46.9 Å². The molecule has 0 radical (unpaired) electrons. The Balaban J connectivity index is 1.49. The smallest absolute Gasteiger partial charge is 0.231 e. The van der Waals surface area contributed by atoms with Gasteiger partial charge in [0.2, 0.25) is 12.7 Å². The van der Waals surface area contributed by atoms with E-state index in [1.165, 1.54) is 0 Å². The maximum atomic E-state index is 12.0. The zero-order chi connectivity index (χ0) is 15.4. The Kier molecular flexibility index (Phi) is 4.48. The normalized spacial score (nSPS) is 12.0. The zero-order valence-corrected chi connectivity index (χ0v) is 13.4. The van der Waals surface area contributed by atoms with Crippen molar-refractivity contribution in [3.8, 4) is 11.5 Å². The molecule has 6 heteroatoms. The van der Waals surface area contributed by atoms with Gasteiger partial charge in [-0.1, -0.05) is 12.1 Å². The predicted octanol–water partition coefficient (Wildman–Crippen LogP) is 3.62. The van der Waals surface area contributed by atoms with Gasteiger partial charge in [-0.25, -0.2) is 0 Å². The van der Waals surface area contributed by atoms with Crippen molar-refractivity contribution < 1.29 is 14.3 Å². The van der Waals surface area contributed by atoms with Gasteiger partial charge in [-0.3, -0.25) is 4.79 Å². The number of anilines is 2. The fourth-order valence-corrected chi connectivity index (χ4v) is 2.54. The first kappa shape index (κ1) is 14.7. The molecule has 0 aliphatic carbocycles. The number of carbonyl (C=O) groups excluding carboxylic acids is 1. The maximum Gasteiger partial charge on any atom is 0.231 e. The summed E-state index contributed by atoms with van der Waals surface area (Å²) in [5.41, 5.74) is 1.67. The van der Waals surface area contributed by atoms with Gasteiger partial charge in [0.05, 0.1) is 0 Å². The number of fused-ring (bicyclic) bond motifs is 1. The Labute approximate surface area is 136 Å². The number of benzene rings is 2. The molecule has 0 saturated heterocycles. The third-order valence-electron chi connectivity index (χ3n) is 3.20. The SMILES string of the molecule is O=C(CCNc1ccccc1Br)Nc1ccc2c(c1)OCO2. The van der Waals surface area contributed by atoms with Crippen LogP contribution in [0.25, 0.3) is 0 Å². The molecule has 1 aliphatic rings. The average molecular weight is 363 g/mol. The minimum atomic E-state index is -0.0570. The maximum absolute atomic E-state index is 12.0. The van der Waals surface area contributed by atoms with Crippen LogP contribution in [-0.2, 0) is 4.79 Å². The third kappa shape index (κ3) is 3.51. The lowest BCUT2D eigenvalue weighted by atomic mass is 10.2. The van der Waals surface area contributed by atoms with Crippen LogP contribution in [0, 0.1) is 0 Å². The number of nitrogens with one attached hydrogen (secondary N) is 2. The summed E-state index contributed by atoms with van der Waals surface area (Å²) in [6, 6.07) is 13.2. The molecule has 0 unspecified atom stereocenters. The van der Waals surface area contributed by atoms with Gasteiger partial charge in [-0.05, 0) is 40.2 Å². The van der Waals surface area contributed by atoms with E-state index in [0.717, 1.165) is 10.2 Å². The van der Waals surface area contributed by atoms with Crippen molar-refractivity contribution in [2.45, 2.75) is 6.42 Å². The number of carbonyl (C=O) groups is 1. The Morgan fingerprint density at radius 2 is 1.95 bits per heavy atom. The summed E-state index contributed by atoms with van der Waals surface area (Å²) in [5.74, 6) is 1.30. The van der Waals surface area contributed by atoms with Gasteiger partial charge in [0, 0.05) is 34.9 Å². The number of halogens is 1. The fraction of sp³-hybridized carbons (Fsp3) is 0.188. The standard InChI is InChI=1S/C16H15BrN2O3/c17-12-3-1-2-4-13(12)18-8-7-16(20)19-11-5-6-14-15(9-11)22-10-21-14/h1-6,9,18H,7-8,10H2,(H,19,20). The van der Waals surface area contributed by atoms with Crippen molar-refractivity contribution in [3.63, 3.8) is 0 Å². The Bertz CT molecular complexity index is 691. The lowest BCUT2D eigenvalue weighted by Crippen LogP contribution is -2.16. The van der Waals surface area contributed by atoms with Gasteiger partial charge in [0.25, 0.3) is 0 Å². The highest BCUT2D eigenvalue weighted by molar-refractivity contribution is 9.10. The first-order valence-corrected chi connectivity index (χ1v) is 7.69. The lowest BCUT2D eigenvalue weighted by molar-refractivity contribution is -0.115. The van der Waals surface area contributed by atoms with Crippen LogP contribution in [0.5, 0.6) is 11.5 Å². The van der Waals surface area contributed by atoms with Gasteiger partial charge < -0.3 is 20.1 Å². The van der Waals surface area contributed by atoms with Crippen LogP contribution in [0.4, 0.5) is 11.4 Å². The first-order chi connectivity index (χ1) is 10.7. The minimum absolute atomic E-state index is 0.0570. The van der Waals surface area contributed by atoms with E-state index in [-0.39, 0.29) is 12.7 Å². The molecule has 1 amide bonds. The molecule has 0 spiro atoms. The molecule has 0 atom stereocenters. The second-order valence-electron chi connectivity index (χ2n) is 4.77. The fourth-order valence-electron chi connectivity index (χ4n) is 2.11. The summed E-state index contributed by atoms with van der Waals surface area (Å²) in [6.07, 6.45) is 0.371. The molecule has 0 fully saturated rings. The molecule has 22 heavy (non-hydrogen) atoms. The molecule has 2 N–H and O–H groups in total. The Hall–Kier alpha value is -2.21. The van der Waals surface area contributed by atoms with Gasteiger partial charge in [0.15, 0.2) is 11.5 Å². The van der Waals surface area contributed by atoms with Gasteiger partial charge in [0.1, 0.15) is 0 Å². The van der Waals surface area contributed by atoms with Crippen molar-refractivity contribution in [2.75, 3.05) is 24.0 Å². The van der Waals surface area contributed by atoms with Crippen LogP contribution in [0.2, 0.25) is 0 Å². The summed E-state index contributed by atoms with van der Waals surface area (Å²) < 4.78 is 11.5. The molecule has 0 aromatic heterocycles. The largest absolute Gasteiger partial charge is 0.454 e. The number of amides is 1. The Morgan fingerprint density at radius 1 is 1.14 bits per heavy atom. The number of hydrogen-bond donors (Lipinski definition) is 2. The topological polar surface area (TPSA) is 59.6 Å². The van der Waals surface area contributed by atoms with Crippen molar-refractivity contribution in [1.82, 2.24) is 0 Å². The van der Waals surface area contributed by atoms with Gasteiger partial charge >= 0.3 is 0 Å². The van der Waals surface area contributed by atoms with Crippen LogP contribution >= 0.6 is 15.9 Å². The van der Waals surface area contributed by atoms with Crippen molar-refractivity contribution >= 4 is 33.2 Å². The molecule has 0 saturated carbocycles. The third-order valence-corrected chi connectivity index (χ3v) is 3.89. The summed E-state index contributed by atoms with van der Waals surface area (Å²) in [7, 11) is 0. The number of ether oxygens (including phenoxy) is 2. The summed E-state index contributed by atoms with van der Waals surface area (Å²) in [4.78, 5) is 12.0. The van der Waals surface area contributed by atoms with Crippen molar-refractivity contribution in [1.29, 1.82) is 0 Å². The summed E-state index contributed by atoms with van der Waals surface area (Å²) in [5, 5.41) is 6.07. The molecule has 114 valence electrons. The van der Waals surface area contributed by atoms with Crippen LogP contribution < -0.4 is 20.1 Å². The highest BCUT2D eigenvalue weighted by Gasteiger charge is 2.14. The number of hydrogen-bond acceptors (Lipinski definition) is 4.